The molecule has 0 spiro atoms. The van der Waals surface area contributed by atoms with E-state index in [0.717, 1.165) is 0 Å². The van der Waals surface area contributed by atoms with Crippen LogP contribution in [0.2, 0.25) is 0 Å². The first kappa shape index (κ1) is 16.7. The molecule has 0 aliphatic carbocycles. The van der Waals surface area contributed by atoms with Gasteiger partial charge in [-0.05, 0) is 26.0 Å². The molecule has 3 rings (SSSR count). The van der Waals surface area contributed by atoms with Gasteiger partial charge in [0, 0.05) is 12.5 Å². The summed E-state index contributed by atoms with van der Waals surface area (Å²) in [6, 6.07) is 4.50. The van der Waals surface area contributed by atoms with Crippen LogP contribution >= 0.6 is 0 Å². The van der Waals surface area contributed by atoms with Gasteiger partial charge in [0.15, 0.2) is 17.3 Å². The predicted octanol–water partition coefficient (Wildman–Crippen LogP) is 1.62. The fourth-order valence-electron chi connectivity index (χ4n) is 2.28. The van der Waals surface area contributed by atoms with E-state index >= 15 is 0 Å². The van der Waals surface area contributed by atoms with Crippen LogP contribution in [-0.2, 0) is 22.0 Å². The molecule has 0 saturated heterocycles. The zero-order chi connectivity index (χ0) is 17.4. The fraction of sp³-hybridized carbons (Fsp3) is 0.467. The van der Waals surface area contributed by atoms with Crippen molar-refractivity contribution >= 4 is 10.0 Å². The lowest BCUT2D eigenvalue weighted by Gasteiger charge is -2.23. The average Bonchev–Trinajstić information content (AvgIpc) is 3.03. The van der Waals surface area contributed by atoms with Crippen molar-refractivity contribution in [3.8, 4) is 11.5 Å². The van der Waals surface area contributed by atoms with Crippen LogP contribution in [0.15, 0.2) is 27.6 Å². The minimum Gasteiger partial charge on any atom is -0.486 e. The van der Waals surface area contributed by atoms with E-state index in [2.05, 4.69) is 14.9 Å². The van der Waals surface area contributed by atoms with Crippen LogP contribution in [0.25, 0.3) is 0 Å². The molecule has 8 nitrogen and oxygen atoms in total. The van der Waals surface area contributed by atoms with Crippen LogP contribution in [0.3, 0.4) is 0 Å². The first-order valence-electron chi connectivity index (χ1n) is 7.58. The van der Waals surface area contributed by atoms with Gasteiger partial charge in [-0.25, -0.2) is 8.42 Å². The Balaban J connectivity index is 1.87. The molecule has 24 heavy (non-hydrogen) atoms. The Morgan fingerprint density at radius 1 is 1.21 bits per heavy atom. The Hall–Kier alpha value is -2.13. The molecule has 1 aliphatic rings. The van der Waals surface area contributed by atoms with E-state index in [1.807, 2.05) is 6.92 Å². The van der Waals surface area contributed by atoms with Gasteiger partial charge in [-0.3, -0.25) is 0 Å². The third-order valence-electron chi connectivity index (χ3n) is 3.54. The number of nitrogens with zero attached hydrogens (tertiary/aromatic N) is 2. The van der Waals surface area contributed by atoms with E-state index in [4.69, 9.17) is 14.0 Å². The molecule has 1 aliphatic heterocycles. The first-order valence-corrected chi connectivity index (χ1v) is 9.07. The molecular formula is C15H19N3O5S. The van der Waals surface area contributed by atoms with Crippen LogP contribution in [-0.4, -0.2) is 31.8 Å². The number of ether oxygens (including phenoxy) is 2. The molecule has 0 fully saturated rings. The quantitative estimate of drug-likeness (QED) is 0.871. The van der Waals surface area contributed by atoms with Crippen LogP contribution in [0.1, 0.15) is 32.5 Å². The van der Waals surface area contributed by atoms with Crippen LogP contribution in [0.5, 0.6) is 11.5 Å². The van der Waals surface area contributed by atoms with Gasteiger partial charge in [0.05, 0.1) is 10.4 Å². The van der Waals surface area contributed by atoms with E-state index in [9.17, 15) is 8.42 Å². The maximum atomic E-state index is 12.7. The fourth-order valence-corrected chi connectivity index (χ4v) is 3.67. The molecule has 1 aromatic carbocycles. The second kappa shape index (κ2) is 6.06. The molecule has 2 aromatic rings. The number of sulfonamides is 1. The van der Waals surface area contributed by atoms with Crippen LogP contribution < -0.4 is 14.2 Å². The maximum absolute atomic E-state index is 12.7. The Kier molecular flexibility index (Phi) is 4.22. The van der Waals surface area contributed by atoms with Crippen molar-refractivity contribution in [3.63, 3.8) is 0 Å². The van der Waals surface area contributed by atoms with E-state index in [0.29, 0.717) is 37.0 Å². The van der Waals surface area contributed by atoms with Gasteiger partial charge in [0.1, 0.15) is 13.2 Å². The summed E-state index contributed by atoms with van der Waals surface area (Å²) in [6.45, 7) is 6.06. The molecule has 2 heterocycles. The van der Waals surface area contributed by atoms with Crippen LogP contribution in [0, 0.1) is 0 Å². The lowest BCUT2D eigenvalue weighted by Crippen LogP contribution is -2.41. The highest BCUT2D eigenvalue weighted by molar-refractivity contribution is 7.89. The molecule has 0 atom stereocenters. The van der Waals surface area contributed by atoms with Gasteiger partial charge in [0.25, 0.3) is 0 Å². The molecule has 9 heteroatoms. The SMILES string of the molecule is CCc1nc(C(C)(C)NS(=O)(=O)c2ccc3c(c2)OCCO3)no1. The number of aryl methyl sites for hydroxylation is 1. The van der Waals surface area contributed by atoms with Crippen molar-refractivity contribution in [2.45, 2.75) is 37.6 Å². The number of hydrogen-bond acceptors (Lipinski definition) is 7. The standard InChI is InChI=1S/C15H19N3O5S/c1-4-13-16-14(17-23-13)15(2,3)18-24(19,20)10-5-6-11-12(9-10)22-8-7-21-11/h5-6,9,18H,4,7-8H2,1-3H3. The molecule has 0 unspecified atom stereocenters. The maximum Gasteiger partial charge on any atom is 0.241 e. The summed E-state index contributed by atoms with van der Waals surface area (Å²) in [6.07, 6.45) is 0.581. The highest BCUT2D eigenvalue weighted by Gasteiger charge is 2.33. The molecule has 0 radical (unpaired) electrons. The molecule has 130 valence electrons. The lowest BCUT2D eigenvalue weighted by molar-refractivity contribution is 0.171. The highest BCUT2D eigenvalue weighted by atomic mass is 32.2. The largest absolute Gasteiger partial charge is 0.486 e. The van der Waals surface area contributed by atoms with Gasteiger partial charge >= 0.3 is 0 Å². The Morgan fingerprint density at radius 2 is 1.92 bits per heavy atom. The molecule has 0 bridgehead atoms. The van der Waals surface area contributed by atoms with Crippen molar-refractivity contribution in [3.05, 3.63) is 29.9 Å². The summed E-state index contributed by atoms with van der Waals surface area (Å²) in [5.74, 6) is 1.68. The summed E-state index contributed by atoms with van der Waals surface area (Å²) in [7, 11) is -3.80. The summed E-state index contributed by atoms with van der Waals surface area (Å²) in [5.41, 5.74) is -1.02. The summed E-state index contributed by atoms with van der Waals surface area (Å²) in [5, 5.41) is 3.85. The normalized spacial score (nSPS) is 14.6. The average molecular weight is 353 g/mol. The third-order valence-corrected chi connectivity index (χ3v) is 5.20. The number of benzene rings is 1. The van der Waals surface area contributed by atoms with E-state index < -0.39 is 15.6 Å². The van der Waals surface area contributed by atoms with Gasteiger partial charge in [-0.15, -0.1) is 0 Å². The molecule has 1 aromatic heterocycles. The molecule has 0 saturated carbocycles. The van der Waals surface area contributed by atoms with E-state index in [1.165, 1.54) is 12.1 Å². The highest BCUT2D eigenvalue weighted by Crippen LogP contribution is 2.32. The Morgan fingerprint density at radius 3 is 2.58 bits per heavy atom. The van der Waals surface area contributed by atoms with E-state index in [-0.39, 0.29) is 10.7 Å². The zero-order valence-electron chi connectivity index (χ0n) is 13.7. The molecular weight excluding hydrogens is 334 g/mol. The van der Waals surface area contributed by atoms with Crippen molar-refractivity contribution in [1.29, 1.82) is 0 Å². The van der Waals surface area contributed by atoms with Gasteiger partial charge in [-0.2, -0.15) is 9.71 Å². The smallest absolute Gasteiger partial charge is 0.241 e. The summed E-state index contributed by atoms with van der Waals surface area (Å²) in [4.78, 5) is 4.28. The summed E-state index contributed by atoms with van der Waals surface area (Å²) >= 11 is 0. The number of fused-ring (bicyclic) bond motifs is 1. The number of hydrogen-bond donors (Lipinski definition) is 1. The van der Waals surface area contributed by atoms with Crippen molar-refractivity contribution in [1.82, 2.24) is 14.9 Å². The minimum absolute atomic E-state index is 0.0824. The number of nitrogens with one attached hydrogen (secondary N) is 1. The lowest BCUT2D eigenvalue weighted by atomic mass is 10.1. The Labute approximate surface area is 140 Å². The van der Waals surface area contributed by atoms with Crippen LogP contribution in [0.4, 0.5) is 0 Å². The second-order valence-corrected chi connectivity index (χ2v) is 7.58. The second-order valence-electron chi connectivity index (χ2n) is 5.90. The number of aromatic nitrogens is 2. The Bertz CT molecular complexity index is 845. The minimum atomic E-state index is -3.80. The topological polar surface area (TPSA) is 104 Å². The monoisotopic (exact) mass is 353 g/mol. The third kappa shape index (κ3) is 3.22. The van der Waals surface area contributed by atoms with Crippen molar-refractivity contribution < 1.29 is 22.4 Å². The zero-order valence-corrected chi connectivity index (χ0v) is 14.5. The summed E-state index contributed by atoms with van der Waals surface area (Å²) < 4.78 is 43.9. The number of rotatable bonds is 5. The van der Waals surface area contributed by atoms with Crippen molar-refractivity contribution in [2.24, 2.45) is 0 Å². The van der Waals surface area contributed by atoms with Gasteiger partial charge in [0.2, 0.25) is 15.9 Å². The predicted molar refractivity (Wildman–Crippen MR) is 84.5 cm³/mol. The van der Waals surface area contributed by atoms with E-state index in [1.54, 1.807) is 19.9 Å². The molecule has 1 N–H and O–H groups in total. The van der Waals surface area contributed by atoms with Crippen molar-refractivity contribution in [2.75, 3.05) is 13.2 Å². The van der Waals surface area contributed by atoms with Gasteiger partial charge in [-0.1, -0.05) is 12.1 Å². The first-order chi connectivity index (χ1) is 11.3. The van der Waals surface area contributed by atoms with Gasteiger partial charge < -0.3 is 14.0 Å². The molecule has 0 amide bonds.